The Hall–Kier alpha value is -0.230. The van der Waals surface area contributed by atoms with Gasteiger partial charge in [0.1, 0.15) is 6.10 Å². The Balaban J connectivity index is 1.94. The lowest BCUT2D eigenvalue weighted by molar-refractivity contribution is 0.192. The molecule has 5 heteroatoms. The molecule has 2 aromatic rings. The van der Waals surface area contributed by atoms with Crippen LogP contribution in [0, 0.1) is 0 Å². The first-order valence-corrected chi connectivity index (χ1v) is 8.12. The number of hydrogen-bond donors (Lipinski definition) is 1. The smallest absolute Gasteiger partial charge is 0.151 e. The van der Waals surface area contributed by atoms with Crippen molar-refractivity contribution in [3.05, 3.63) is 43.9 Å². The number of aliphatic hydroxyl groups is 1. The molecule has 0 bridgehead atoms. The van der Waals surface area contributed by atoms with E-state index in [1.807, 2.05) is 17.8 Å². The zero-order valence-corrected chi connectivity index (χ0v) is 12.2. The molecule has 0 amide bonds. The Morgan fingerprint density at radius 1 is 1.47 bits per heavy atom. The van der Waals surface area contributed by atoms with E-state index in [4.69, 9.17) is 4.42 Å². The Morgan fingerprint density at radius 3 is 3.06 bits per heavy atom. The van der Waals surface area contributed by atoms with Gasteiger partial charge in [-0.15, -0.1) is 11.3 Å². The summed E-state index contributed by atoms with van der Waals surface area (Å²) >= 11 is 7.04. The highest BCUT2D eigenvalue weighted by Crippen LogP contribution is 2.38. The van der Waals surface area contributed by atoms with Gasteiger partial charge < -0.3 is 9.52 Å². The van der Waals surface area contributed by atoms with Gasteiger partial charge in [-0.25, -0.2) is 0 Å². The predicted molar refractivity (Wildman–Crippen MR) is 74.7 cm³/mol. The fourth-order valence-corrected chi connectivity index (χ4v) is 4.71. The summed E-state index contributed by atoms with van der Waals surface area (Å²) in [5.41, 5.74) is 1.38. The molecule has 0 saturated heterocycles. The third-order valence-corrected chi connectivity index (χ3v) is 5.76. The molecule has 0 aliphatic carbocycles. The summed E-state index contributed by atoms with van der Waals surface area (Å²) in [4.78, 5) is 2.40. The van der Waals surface area contributed by atoms with Crippen molar-refractivity contribution in [2.75, 3.05) is 5.75 Å². The van der Waals surface area contributed by atoms with E-state index >= 15 is 0 Å². The summed E-state index contributed by atoms with van der Waals surface area (Å²) < 4.78 is 6.14. The fourth-order valence-electron chi connectivity index (χ4n) is 1.93. The number of furan rings is 1. The number of rotatable bonds is 2. The highest BCUT2D eigenvalue weighted by atomic mass is 79.9. The van der Waals surface area contributed by atoms with Crippen LogP contribution >= 0.6 is 39.0 Å². The Morgan fingerprint density at radius 2 is 2.35 bits per heavy atom. The van der Waals surface area contributed by atoms with E-state index in [2.05, 4.69) is 22.0 Å². The molecule has 17 heavy (non-hydrogen) atoms. The molecule has 2 aromatic heterocycles. The quantitative estimate of drug-likeness (QED) is 0.904. The molecular weight excluding hydrogens is 320 g/mol. The maximum absolute atomic E-state index is 10.3. The molecule has 1 aliphatic rings. The van der Waals surface area contributed by atoms with Crippen LogP contribution in [0.25, 0.3) is 0 Å². The van der Waals surface area contributed by atoms with E-state index in [1.54, 1.807) is 17.6 Å². The fraction of sp³-hybridized carbons (Fsp3) is 0.333. The minimum Gasteiger partial charge on any atom is -0.465 e. The Bertz CT molecular complexity index is 509. The third kappa shape index (κ3) is 2.21. The van der Waals surface area contributed by atoms with Crippen LogP contribution < -0.4 is 0 Å². The van der Waals surface area contributed by atoms with Crippen LogP contribution in [0.4, 0.5) is 0 Å². The molecule has 1 atom stereocenters. The number of thiophene rings is 1. The van der Waals surface area contributed by atoms with E-state index in [9.17, 15) is 5.11 Å². The number of halogens is 1. The summed E-state index contributed by atoms with van der Waals surface area (Å²) in [6, 6.07) is 3.92. The van der Waals surface area contributed by atoms with Crippen LogP contribution in [0.5, 0.6) is 0 Å². The Kier molecular flexibility index (Phi) is 3.34. The van der Waals surface area contributed by atoms with Crippen LogP contribution in [-0.4, -0.2) is 10.9 Å². The summed E-state index contributed by atoms with van der Waals surface area (Å²) in [5.74, 6) is 2.85. The lowest BCUT2D eigenvalue weighted by atomic mass is 10.2. The first-order valence-electron chi connectivity index (χ1n) is 5.36. The van der Waals surface area contributed by atoms with Crippen LogP contribution in [-0.2, 0) is 12.2 Å². The molecular formula is C12H11BrO2S2. The Labute approximate surface area is 116 Å². The molecule has 0 spiro atoms. The van der Waals surface area contributed by atoms with Crippen molar-refractivity contribution in [2.24, 2.45) is 0 Å². The molecule has 1 aliphatic heterocycles. The summed E-state index contributed by atoms with van der Waals surface area (Å²) in [6.07, 6.45) is 2.06. The second-order valence-electron chi connectivity index (χ2n) is 3.94. The predicted octanol–water partition coefficient (Wildman–Crippen LogP) is 3.97. The normalized spacial score (nSPS) is 16.8. The standard InChI is InChI=1S/C12H11BrO2S2/c13-8-1-3-15-12(8)11(14)10-5-7-6-16-4-2-9(7)17-10/h1,3,5,11,14H,2,4,6H2. The molecule has 3 heterocycles. The largest absolute Gasteiger partial charge is 0.465 e. The second-order valence-corrected chi connectivity index (χ2v) is 7.06. The molecule has 1 unspecified atom stereocenters. The van der Waals surface area contributed by atoms with Gasteiger partial charge in [-0.2, -0.15) is 11.8 Å². The zero-order chi connectivity index (χ0) is 11.8. The van der Waals surface area contributed by atoms with E-state index in [0.717, 1.165) is 21.5 Å². The van der Waals surface area contributed by atoms with Crippen molar-refractivity contribution >= 4 is 39.0 Å². The first kappa shape index (κ1) is 11.8. The summed E-state index contributed by atoms with van der Waals surface area (Å²) in [6.45, 7) is 0. The van der Waals surface area contributed by atoms with Gasteiger partial charge in [0.2, 0.25) is 0 Å². The SMILES string of the molecule is OC(c1cc2c(s1)CCSC2)c1occc1Br. The van der Waals surface area contributed by atoms with Gasteiger partial charge in [-0.05, 0) is 45.8 Å². The third-order valence-electron chi connectivity index (χ3n) is 2.81. The van der Waals surface area contributed by atoms with Gasteiger partial charge in [0.05, 0.1) is 10.7 Å². The molecule has 0 aromatic carbocycles. The van der Waals surface area contributed by atoms with Crippen molar-refractivity contribution in [1.29, 1.82) is 0 Å². The van der Waals surface area contributed by atoms with Gasteiger partial charge in [-0.3, -0.25) is 0 Å². The van der Waals surface area contributed by atoms with Crippen molar-refractivity contribution in [2.45, 2.75) is 18.3 Å². The van der Waals surface area contributed by atoms with Gasteiger partial charge >= 0.3 is 0 Å². The minimum absolute atomic E-state index is 0.594. The highest BCUT2D eigenvalue weighted by Gasteiger charge is 2.22. The van der Waals surface area contributed by atoms with Gasteiger partial charge in [0.15, 0.2) is 5.76 Å². The molecule has 1 N–H and O–H groups in total. The molecule has 0 saturated carbocycles. The van der Waals surface area contributed by atoms with Crippen molar-refractivity contribution < 1.29 is 9.52 Å². The van der Waals surface area contributed by atoms with Crippen molar-refractivity contribution in [3.8, 4) is 0 Å². The van der Waals surface area contributed by atoms with E-state index in [1.165, 1.54) is 16.2 Å². The molecule has 0 fully saturated rings. The average Bonchev–Trinajstić information content (AvgIpc) is 2.93. The number of aliphatic hydroxyl groups excluding tert-OH is 1. The maximum Gasteiger partial charge on any atom is 0.151 e. The monoisotopic (exact) mass is 330 g/mol. The maximum atomic E-state index is 10.3. The number of thioether (sulfide) groups is 1. The van der Waals surface area contributed by atoms with E-state index in [-0.39, 0.29) is 0 Å². The first-order chi connectivity index (χ1) is 8.25. The van der Waals surface area contributed by atoms with Crippen molar-refractivity contribution in [3.63, 3.8) is 0 Å². The number of hydrogen-bond acceptors (Lipinski definition) is 4. The van der Waals surface area contributed by atoms with Crippen LogP contribution in [0.15, 0.2) is 27.3 Å². The molecule has 90 valence electrons. The summed E-state index contributed by atoms with van der Waals surface area (Å²) in [7, 11) is 0. The van der Waals surface area contributed by atoms with Crippen LogP contribution in [0.2, 0.25) is 0 Å². The van der Waals surface area contributed by atoms with E-state index in [0.29, 0.717) is 5.76 Å². The molecule has 3 rings (SSSR count). The second kappa shape index (κ2) is 4.80. The lowest BCUT2D eigenvalue weighted by Gasteiger charge is -2.08. The zero-order valence-electron chi connectivity index (χ0n) is 8.98. The van der Waals surface area contributed by atoms with Gasteiger partial charge in [0, 0.05) is 15.5 Å². The van der Waals surface area contributed by atoms with Gasteiger partial charge in [-0.1, -0.05) is 0 Å². The molecule has 2 nitrogen and oxygen atoms in total. The topological polar surface area (TPSA) is 33.4 Å². The minimum atomic E-state index is -0.653. The number of fused-ring (bicyclic) bond motifs is 1. The summed E-state index contributed by atoms with van der Waals surface area (Å²) in [5, 5.41) is 10.3. The average molecular weight is 331 g/mol. The molecule has 0 radical (unpaired) electrons. The van der Waals surface area contributed by atoms with Crippen LogP contribution in [0.1, 0.15) is 27.2 Å². The number of aryl methyl sites for hydroxylation is 1. The van der Waals surface area contributed by atoms with Gasteiger partial charge in [0.25, 0.3) is 0 Å². The van der Waals surface area contributed by atoms with Crippen molar-refractivity contribution in [1.82, 2.24) is 0 Å². The van der Waals surface area contributed by atoms with Crippen LogP contribution in [0.3, 0.4) is 0 Å². The van der Waals surface area contributed by atoms with E-state index < -0.39 is 6.10 Å². The lowest BCUT2D eigenvalue weighted by Crippen LogP contribution is -1.96. The highest BCUT2D eigenvalue weighted by molar-refractivity contribution is 9.10.